The van der Waals surface area contributed by atoms with Crippen LogP contribution in [-0.4, -0.2) is 23.6 Å². The van der Waals surface area contributed by atoms with Gasteiger partial charge in [-0.15, -0.1) is 11.3 Å². The third kappa shape index (κ3) is 2.29. The fraction of sp³-hybridized carbons (Fsp3) is 0.600. The Hall–Kier alpha value is -1.20. The van der Waals surface area contributed by atoms with Gasteiger partial charge < -0.3 is 10.1 Å². The molecule has 5 heteroatoms. The fourth-order valence-electron chi connectivity index (χ4n) is 2.60. The quantitative estimate of drug-likeness (QED) is 0.909. The Balaban J connectivity index is 2.14. The van der Waals surface area contributed by atoms with E-state index in [0.717, 1.165) is 23.0 Å². The molecule has 2 heterocycles. The summed E-state index contributed by atoms with van der Waals surface area (Å²) in [6.45, 7) is 7.25. The molecule has 3 rings (SSSR count). The molecule has 0 aromatic carbocycles. The lowest BCUT2D eigenvalue weighted by Crippen LogP contribution is -2.11. The normalized spacial score (nSPS) is 16.6. The first kappa shape index (κ1) is 13.8. The van der Waals surface area contributed by atoms with Crippen LogP contribution in [0.15, 0.2) is 0 Å². The maximum Gasteiger partial charge on any atom is 0.161 e. The van der Waals surface area contributed by atoms with Gasteiger partial charge in [0.1, 0.15) is 16.8 Å². The van der Waals surface area contributed by atoms with Crippen molar-refractivity contribution in [2.75, 3.05) is 19.0 Å². The molecule has 1 atom stereocenters. The van der Waals surface area contributed by atoms with Crippen LogP contribution in [0.3, 0.4) is 0 Å². The number of rotatable bonds is 5. The molecule has 0 aliphatic heterocycles. The van der Waals surface area contributed by atoms with Crippen molar-refractivity contribution in [2.45, 2.75) is 39.7 Å². The maximum absolute atomic E-state index is 5.63. The fourth-order valence-corrected chi connectivity index (χ4v) is 3.63. The molecule has 20 heavy (non-hydrogen) atoms. The Kier molecular flexibility index (Phi) is 3.65. The summed E-state index contributed by atoms with van der Waals surface area (Å²) in [4.78, 5) is 11.9. The minimum Gasteiger partial charge on any atom is -0.373 e. The van der Waals surface area contributed by atoms with E-state index < -0.39 is 0 Å². The molecule has 4 nitrogen and oxygen atoms in total. The molecule has 0 saturated heterocycles. The highest BCUT2D eigenvalue weighted by Crippen LogP contribution is 2.43. The van der Waals surface area contributed by atoms with Gasteiger partial charge in [-0.05, 0) is 45.1 Å². The van der Waals surface area contributed by atoms with E-state index in [4.69, 9.17) is 14.7 Å². The Morgan fingerprint density at radius 3 is 2.70 bits per heavy atom. The molecular weight excluding hydrogens is 270 g/mol. The van der Waals surface area contributed by atoms with Crippen LogP contribution in [0.1, 0.15) is 42.1 Å². The van der Waals surface area contributed by atoms with Crippen LogP contribution < -0.4 is 5.32 Å². The number of hydrogen-bond donors (Lipinski definition) is 1. The lowest BCUT2D eigenvalue weighted by Gasteiger charge is -2.15. The third-order valence-electron chi connectivity index (χ3n) is 3.95. The number of aromatic nitrogens is 2. The molecule has 108 valence electrons. The summed E-state index contributed by atoms with van der Waals surface area (Å²) < 4.78 is 5.63. The van der Waals surface area contributed by atoms with E-state index in [1.165, 1.54) is 28.7 Å². The van der Waals surface area contributed by atoms with Gasteiger partial charge in [0.05, 0.1) is 5.39 Å². The minimum atomic E-state index is 0.0412. The van der Waals surface area contributed by atoms with Gasteiger partial charge in [-0.25, -0.2) is 9.97 Å². The van der Waals surface area contributed by atoms with Gasteiger partial charge in [0.25, 0.3) is 0 Å². The number of fused-ring (bicyclic) bond motifs is 1. The van der Waals surface area contributed by atoms with Crippen LogP contribution in [0.25, 0.3) is 10.2 Å². The van der Waals surface area contributed by atoms with Crippen molar-refractivity contribution in [3.05, 3.63) is 16.3 Å². The Morgan fingerprint density at radius 1 is 1.35 bits per heavy atom. The second kappa shape index (κ2) is 5.30. The molecule has 0 amide bonds. The monoisotopic (exact) mass is 291 g/mol. The molecular formula is C15H21N3OS. The standard InChI is InChI=1S/C15H21N3OS/c1-5-16-13-11-8(2)9(3)20-15(11)18-14(17-13)12(19-4)10-6-7-10/h10,12H,5-7H2,1-4H3,(H,16,17,18). The van der Waals surface area contributed by atoms with Gasteiger partial charge in [-0.1, -0.05) is 0 Å². The van der Waals surface area contributed by atoms with E-state index in [1.54, 1.807) is 18.4 Å². The summed E-state index contributed by atoms with van der Waals surface area (Å²) in [6.07, 6.45) is 2.48. The summed E-state index contributed by atoms with van der Waals surface area (Å²) in [5.41, 5.74) is 1.29. The predicted octanol–water partition coefficient (Wildman–Crippen LogP) is 3.84. The maximum atomic E-state index is 5.63. The highest BCUT2D eigenvalue weighted by Gasteiger charge is 2.35. The van der Waals surface area contributed by atoms with Gasteiger partial charge in [-0.2, -0.15) is 0 Å². The topological polar surface area (TPSA) is 47.0 Å². The van der Waals surface area contributed by atoms with E-state index >= 15 is 0 Å². The van der Waals surface area contributed by atoms with Gasteiger partial charge in [-0.3, -0.25) is 0 Å². The van der Waals surface area contributed by atoms with Crippen molar-refractivity contribution in [3.63, 3.8) is 0 Å². The highest BCUT2D eigenvalue weighted by atomic mass is 32.1. The van der Waals surface area contributed by atoms with Crippen LogP contribution in [0.4, 0.5) is 5.82 Å². The molecule has 0 radical (unpaired) electrons. The molecule has 1 saturated carbocycles. The number of anilines is 1. The largest absolute Gasteiger partial charge is 0.373 e. The number of aryl methyl sites for hydroxylation is 2. The lowest BCUT2D eigenvalue weighted by molar-refractivity contribution is 0.0776. The Bertz CT molecular complexity index is 634. The van der Waals surface area contributed by atoms with Crippen molar-refractivity contribution >= 4 is 27.4 Å². The van der Waals surface area contributed by atoms with Crippen LogP contribution >= 0.6 is 11.3 Å². The Morgan fingerprint density at radius 2 is 2.10 bits per heavy atom. The van der Waals surface area contributed by atoms with Gasteiger partial charge in [0.15, 0.2) is 5.82 Å². The van der Waals surface area contributed by atoms with Crippen LogP contribution in [0, 0.1) is 19.8 Å². The van der Waals surface area contributed by atoms with Gasteiger partial charge in [0.2, 0.25) is 0 Å². The second-order valence-corrected chi connectivity index (χ2v) is 6.62. The number of nitrogens with one attached hydrogen (secondary N) is 1. The van der Waals surface area contributed by atoms with Crippen LogP contribution in [0.5, 0.6) is 0 Å². The number of methoxy groups -OCH3 is 1. The number of hydrogen-bond acceptors (Lipinski definition) is 5. The predicted molar refractivity (Wildman–Crippen MR) is 83.5 cm³/mol. The smallest absolute Gasteiger partial charge is 0.161 e. The molecule has 2 aromatic heterocycles. The third-order valence-corrected chi connectivity index (χ3v) is 5.05. The summed E-state index contributed by atoms with van der Waals surface area (Å²) >= 11 is 1.75. The molecule has 1 fully saturated rings. The summed E-state index contributed by atoms with van der Waals surface area (Å²) in [5.74, 6) is 2.38. The lowest BCUT2D eigenvalue weighted by atomic mass is 10.2. The summed E-state index contributed by atoms with van der Waals surface area (Å²) in [5, 5.41) is 4.55. The van der Waals surface area contributed by atoms with E-state index in [2.05, 4.69) is 26.1 Å². The van der Waals surface area contributed by atoms with Gasteiger partial charge in [0, 0.05) is 18.5 Å². The summed E-state index contributed by atoms with van der Waals surface area (Å²) in [7, 11) is 1.76. The number of nitrogens with zero attached hydrogens (tertiary/aromatic N) is 2. The molecule has 0 bridgehead atoms. The van der Waals surface area contributed by atoms with Gasteiger partial charge >= 0.3 is 0 Å². The first-order valence-corrected chi connectivity index (χ1v) is 8.01. The molecule has 1 aliphatic carbocycles. The molecule has 1 aliphatic rings. The minimum absolute atomic E-state index is 0.0412. The van der Waals surface area contributed by atoms with Crippen molar-refractivity contribution in [1.29, 1.82) is 0 Å². The van der Waals surface area contributed by atoms with Crippen molar-refractivity contribution in [3.8, 4) is 0 Å². The molecule has 1 N–H and O–H groups in total. The van der Waals surface area contributed by atoms with E-state index in [0.29, 0.717) is 5.92 Å². The molecule has 1 unspecified atom stereocenters. The van der Waals surface area contributed by atoms with Crippen LogP contribution in [-0.2, 0) is 4.74 Å². The number of ether oxygens (including phenoxy) is 1. The molecule has 0 spiro atoms. The van der Waals surface area contributed by atoms with Crippen LogP contribution in [0.2, 0.25) is 0 Å². The zero-order valence-electron chi connectivity index (χ0n) is 12.5. The molecule has 2 aromatic rings. The van der Waals surface area contributed by atoms with E-state index in [-0.39, 0.29) is 6.10 Å². The van der Waals surface area contributed by atoms with E-state index in [9.17, 15) is 0 Å². The highest BCUT2D eigenvalue weighted by molar-refractivity contribution is 7.18. The average Bonchev–Trinajstić information content (AvgIpc) is 3.19. The van der Waals surface area contributed by atoms with Crippen molar-refractivity contribution < 1.29 is 4.74 Å². The second-order valence-electron chi connectivity index (χ2n) is 5.42. The average molecular weight is 291 g/mol. The zero-order valence-corrected chi connectivity index (χ0v) is 13.3. The first-order valence-electron chi connectivity index (χ1n) is 7.20. The summed E-state index contributed by atoms with van der Waals surface area (Å²) in [6, 6.07) is 0. The SMILES string of the molecule is CCNc1nc(C(OC)C2CC2)nc2sc(C)c(C)c12. The Labute approximate surface area is 123 Å². The zero-order chi connectivity index (χ0) is 14.3. The van der Waals surface area contributed by atoms with Crippen molar-refractivity contribution in [1.82, 2.24) is 9.97 Å². The van der Waals surface area contributed by atoms with E-state index in [1.807, 2.05) is 0 Å². The van der Waals surface area contributed by atoms with Crippen molar-refractivity contribution in [2.24, 2.45) is 5.92 Å². The first-order chi connectivity index (χ1) is 9.65. The number of thiophene rings is 1.